The van der Waals surface area contributed by atoms with Crippen molar-refractivity contribution in [2.75, 3.05) is 11.5 Å². The topological polar surface area (TPSA) is 72.5 Å². The highest BCUT2D eigenvalue weighted by Gasteiger charge is 2.30. The number of nitrogens with one attached hydrogen (secondary N) is 1. The molecule has 2 rings (SSSR count). The molecular weight excluding hydrogens is 285 g/mol. The van der Waals surface area contributed by atoms with Gasteiger partial charge in [-0.1, -0.05) is 0 Å². The molecule has 0 unspecified atom stereocenters. The molecule has 1 saturated heterocycles. The SMILES string of the molecule is C[C@@H](Oc1ccc(F)cc1)C(=O)N[C@H]1CCS(=O)(=O)C1. The fraction of sp³-hybridized carbons (Fsp3) is 0.462. The Morgan fingerprint density at radius 1 is 1.40 bits per heavy atom. The first kappa shape index (κ1) is 14.8. The highest BCUT2D eigenvalue weighted by atomic mass is 32.2. The largest absolute Gasteiger partial charge is 0.481 e. The van der Waals surface area contributed by atoms with Gasteiger partial charge in [0, 0.05) is 6.04 Å². The molecule has 0 bridgehead atoms. The van der Waals surface area contributed by atoms with Crippen LogP contribution in [0.3, 0.4) is 0 Å². The lowest BCUT2D eigenvalue weighted by Gasteiger charge is -2.17. The van der Waals surface area contributed by atoms with Gasteiger partial charge in [0.1, 0.15) is 11.6 Å². The summed E-state index contributed by atoms with van der Waals surface area (Å²) in [5, 5.41) is 2.65. The molecule has 5 nitrogen and oxygen atoms in total. The number of carbonyl (C=O) groups excluding carboxylic acids is 1. The minimum atomic E-state index is -3.03. The monoisotopic (exact) mass is 301 g/mol. The van der Waals surface area contributed by atoms with Crippen LogP contribution in [-0.4, -0.2) is 38.0 Å². The molecule has 1 heterocycles. The van der Waals surface area contributed by atoms with E-state index in [1.165, 1.54) is 24.3 Å². The first-order chi connectivity index (χ1) is 9.35. The maximum atomic E-state index is 12.7. The van der Waals surface area contributed by atoms with Gasteiger partial charge in [-0.25, -0.2) is 12.8 Å². The van der Waals surface area contributed by atoms with Crippen LogP contribution in [0.5, 0.6) is 5.75 Å². The van der Waals surface area contributed by atoms with Gasteiger partial charge in [0.2, 0.25) is 0 Å². The Hall–Kier alpha value is -1.63. The second kappa shape index (κ2) is 5.78. The van der Waals surface area contributed by atoms with Crippen molar-refractivity contribution in [3.8, 4) is 5.75 Å². The van der Waals surface area contributed by atoms with Gasteiger partial charge < -0.3 is 10.1 Å². The van der Waals surface area contributed by atoms with Crippen molar-refractivity contribution >= 4 is 15.7 Å². The number of halogens is 1. The minimum absolute atomic E-state index is 0.0258. The maximum Gasteiger partial charge on any atom is 0.261 e. The van der Waals surface area contributed by atoms with Crippen molar-refractivity contribution < 1.29 is 22.3 Å². The average molecular weight is 301 g/mol. The van der Waals surface area contributed by atoms with Gasteiger partial charge in [-0.2, -0.15) is 0 Å². The number of hydrogen-bond donors (Lipinski definition) is 1. The van der Waals surface area contributed by atoms with Crippen LogP contribution in [0.15, 0.2) is 24.3 Å². The van der Waals surface area contributed by atoms with Gasteiger partial charge in [-0.15, -0.1) is 0 Å². The number of rotatable bonds is 4. The molecule has 20 heavy (non-hydrogen) atoms. The number of benzene rings is 1. The molecule has 1 aliphatic rings. The summed E-state index contributed by atoms with van der Waals surface area (Å²) in [6.45, 7) is 1.56. The van der Waals surface area contributed by atoms with Crippen molar-refractivity contribution in [1.29, 1.82) is 0 Å². The van der Waals surface area contributed by atoms with Crippen LogP contribution < -0.4 is 10.1 Å². The van der Waals surface area contributed by atoms with Gasteiger partial charge in [0.05, 0.1) is 11.5 Å². The summed E-state index contributed by atoms with van der Waals surface area (Å²) < 4.78 is 40.7. The highest BCUT2D eigenvalue weighted by molar-refractivity contribution is 7.91. The third-order valence-electron chi connectivity index (χ3n) is 3.07. The molecule has 1 aromatic rings. The molecule has 0 radical (unpaired) electrons. The standard InChI is InChI=1S/C13H16FNO4S/c1-9(19-12-4-2-10(14)3-5-12)13(16)15-11-6-7-20(17,18)8-11/h2-5,9,11H,6-8H2,1H3,(H,15,16)/t9-,11+/m1/s1. The van der Waals surface area contributed by atoms with Crippen LogP contribution in [0, 0.1) is 5.82 Å². The van der Waals surface area contributed by atoms with Crippen LogP contribution in [-0.2, 0) is 14.6 Å². The summed E-state index contributed by atoms with van der Waals surface area (Å²) >= 11 is 0. The fourth-order valence-corrected chi connectivity index (χ4v) is 3.67. The van der Waals surface area contributed by atoms with Gasteiger partial charge >= 0.3 is 0 Å². The predicted molar refractivity (Wildman–Crippen MR) is 71.7 cm³/mol. The summed E-state index contributed by atoms with van der Waals surface area (Å²) in [7, 11) is -3.03. The van der Waals surface area contributed by atoms with Crippen molar-refractivity contribution in [1.82, 2.24) is 5.32 Å². The highest BCUT2D eigenvalue weighted by Crippen LogP contribution is 2.14. The van der Waals surface area contributed by atoms with Crippen molar-refractivity contribution in [2.45, 2.75) is 25.5 Å². The van der Waals surface area contributed by atoms with Crippen molar-refractivity contribution in [3.05, 3.63) is 30.1 Å². The number of hydrogen-bond acceptors (Lipinski definition) is 4. The molecule has 1 fully saturated rings. The Morgan fingerprint density at radius 2 is 2.05 bits per heavy atom. The van der Waals surface area contributed by atoms with E-state index in [1.807, 2.05) is 0 Å². The molecular formula is C13H16FNO4S. The van der Waals surface area contributed by atoms with E-state index < -0.39 is 15.9 Å². The van der Waals surface area contributed by atoms with Crippen LogP contribution in [0.1, 0.15) is 13.3 Å². The number of carbonyl (C=O) groups is 1. The van der Waals surface area contributed by atoms with E-state index in [9.17, 15) is 17.6 Å². The third kappa shape index (κ3) is 3.93. The van der Waals surface area contributed by atoms with E-state index in [-0.39, 0.29) is 29.3 Å². The van der Waals surface area contributed by atoms with Gasteiger partial charge in [0.25, 0.3) is 5.91 Å². The Kier molecular flexibility index (Phi) is 4.27. The Morgan fingerprint density at radius 3 is 2.60 bits per heavy atom. The quantitative estimate of drug-likeness (QED) is 0.896. The smallest absolute Gasteiger partial charge is 0.261 e. The lowest BCUT2D eigenvalue weighted by molar-refractivity contribution is -0.127. The first-order valence-corrected chi connectivity index (χ1v) is 8.11. The molecule has 1 N–H and O–H groups in total. The second-order valence-electron chi connectivity index (χ2n) is 4.82. The average Bonchev–Trinajstić information content (AvgIpc) is 2.71. The third-order valence-corrected chi connectivity index (χ3v) is 4.84. The van der Waals surface area contributed by atoms with E-state index in [2.05, 4.69) is 5.32 Å². The molecule has 0 aliphatic carbocycles. The number of sulfone groups is 1. The predicted octanol–water partition coefficient (Wildman–Crippen LogP) is 0.896. The van der Waals surface area contributed by atoms with Crippen LogP contribution in [0.25, 0.3) is 0 Å². The van der Waals surface area contributed by atoms with E-state index in [0.29, 0.717) is 12.2 Å². The van der Waals surface area contributed by atoms with Gasteiger partial charge in [0.15, 0.2) is 15.9 Å². The van der Waals surface area contributed by atoms with E-state index in [4.69, 9.17) is 4.74 Å². The summed E-state index contributed by atoms with van der Waals surface area (Å²) in [4.78, 5) is 11.9. The number of ether oxygens (including phenoxy) is 1. The fourth-order valence-electron chi connectivity index (χ4n) is 2.00. The van der Waals surface area contributed by atoms with E-state index in [1.54, 1.807) is 6.92 Å². The van der Waals surface area contributed by atoms with Crippen molar-refractivity contribution in [3.63, 3.8) is 0 Å². The summed E-state index contributed by atoms with van der Waals surface area (Å²) in [5.41, 5.74) is 0. The normalized spacial score (nSPS) is 22.2. The van der Waals surface area contributed by atoms with Crippen molar-refractivity contribution in [2.24, 2.45) is 0 Å². The molecule has 1 aliphatic heterocycles. The Balaban J connectivity index is 1.88. The zero-order valence-electron chi connectivity index (χ0n) is 11.0. The molecule has 0 spiro atoms. The first-order valence-electron chi connectivity index (χ1n) is 6.29. The molecule has 7 heteroatoms. The van der Waals surface area contributed by atoms with E-state index in [0.717, 1.165) is 0 Å². The Bertz CT molecular complexity index is 585. The van der Waals surface area contributed by atoms with Crippen LogP contribution in [0.4, 0.5) is 4.39 Å². The van der Waals surface area contributed by atoms with Gasteiger partial charge in [-0.05, 0) is 37.6 Å². The summed E-state index contributed by atoms with van der Waals surface area (Å²) in [6.07, 6.45) is -0.346. The maximum absolute atomic E-state index is 12.7. The molecule has 110 valence electrons. The molecule has 2 atom stereocenters. The zero-order valence-corrected chi connectivity index (χ0v) is 11.8. The Labute approximate surface area is 117 Å². The molecule has 1 amide bonds. The van der Waals surface area contributed by atoms with Gasteiger partial charge in [-0.3, -0.25) is 4.79 Å². The molecule has 0 saturated carbocycles. The van der Waals surface area contributed by atoms with Crippen LogP contribution >= 0.6 is 0 Å². The lowest BCUT2D eigenvalue weighted by atomic mass is 10.2. The zero-order chi connectivity index (χ0) is 14.8. The second-order valence-corrected chi connectivity index (χ2v) is 7.05. The lowest BCUT2D eigenvalue weighted by Crippen LogP contribution is -2.43. The minimum Gasteiger partial charge on any atom is -0.481 e. The molecule has 1 aromatic carbocycles. The summed E-state index contributed by atoms with van der Waals surface area (Å²) in [6, 6.07) is 4.98. The van der Waals surface area contributed by atoms with E-state index >= 15 is 0 Å². The number of amides is 1. The van der Waals surface area contributed by atoms with Crippen LogP contribution in [0.2, 0.25) is 0 Å². The molecule has 0 aromatic heterocycles. The summed E-state index contributed by atoms with van der Waals surface area (Å²) in [5.74, 6) is -0.303.